The van der Waals surface area contributed by atoms with Gasteiger partial charge in [0.05, 0.1) is 11.4 Å². The van der Waals surface area contributed by atoms with Crippen LogP contribution in [0.5, 0.6) is 0 Å². The third-order valence-corrected chi connectivity index (χ3v) is 4.68. The van der Waals surface area contributed by atoms with Crippen molar-refractivity contribution in [3.05, 3.63) is 45.0 Å². The molecule has 0 aromatic carbocycles. The largest absolute Gasteiger partial charge is 0.355 e. The molecule has 0 bridgehead atoms. The molecular weight excluding hydrogens is 288 g/mol. The first-order valence-electron chi connectivity index (χ1n) is 8.50. The highest BCUT2D eigenvalue weighted by Crippen LogP contribution is 2.26. The van der Waals surface area contributed by atoms with Gasteiger partial charge < -0.3 is 9.97 Å². The van der Waals surface area contributed by atoms with Gasteiger partial charge in [0.15, 0.2) is 12.6 Å². The summed E-state index contributed by atoms with van der Waals surface area (Å²) in [5.41, 5.74) is 8.26. The zero-order chi connectivity index (χ0) is 17.0. The van der Waals surface area contributed by atoms with E-state index in [2.05, 4.69) is 37.7 Å². The van der Waals surface area contributed by atoms with Crippen LogP contribution in [0.3, 0.4) is 0 Å². The maximum absolute atomic E-state index is 11.3. The molecule has 0 atom stereocenters. The van der Waals surface area contributed by atoms with Crippen LogP contribution in [-0.4, -0.2) is 22.5 Å². The number of rotatable bonds is 8. The normalized spacial score (nSPS) is 11.0. The number of hydrogen-bond donors (Lipinski definition) is 2. The van der Waals surface area contributed by atoms with E-state index in [1.165, 1.54) is 11.1 Å². The Morgan fingerprint density at radius 2 is 1.00 bits per heavy atom. The van der Waals surface area contributed by atoms with Crippen molar-refractivity contribution in [2.24, 2.45) is 0 Å². The van der Waals surface area contributed by atoms with Gasteiger partial charge in [-0.3, -0.25) is 9.59 Å². The van der Waals surface area contributed by atoms with Gasteiger partial charge in [-0.25, -0.2) is 0 Å². The first kappa shape index (κ1) is 17.3. The number of H-pyrrole nitrogens is 2. The Hall–Kier alpha value is -2.10. The third kappa shape index (κ3) is 3.03. The summed E-state index contributed by atoms with van der Waals surface area (Å²) in [6.45, 7) is 8.38. The Morgan fingerprint density at radius 1 is 0.652 bits per heavy atom. The molecule has 124 valence electrons. The van der Waals surface area contributed by atoms with Crippen molar-refractivity contribution < 1.29 is 9.59 Å². The van der Waals surface area contributed by atoms with Crippen LogP contribution >= 0.6 is 0 Å². The summed E-state index contributed by atoms with van der Waals surface area (Å²) in [7, 11) is 0. The first-order chi connectivity index (χ1) is 11.1. The van der Waals surface area contributed by atoms with E-state index < -0.39 is 0 Å². The Labute approximate surface area is 137 Å². The Morgan fingerprint density at radius 3 is 1.26 bits per heavy atom. The molecule has 4 nitrogen and oxygen atoms in total. The molecule has 23 heavy (non-hydrogen) atoms. The number of carbonyl (C=O) groups is 2. The number of aldehydes is 2. The molecule has 2 N–H and O–H groups in total. The quantitative estimate of drug-likeness (QED) is 0.728. The number of hydrogen-bond acceptors (Lipinski definition) is 2. The number of aromatic amines is 2. The number of carbonyl (C=O) groups excluding carboxylic acids is 2. The highest BCUT2D eigenvalue weighted by atomic mass is 16.1. The summed E-state index contributed by atoms with van der Waals surface area (Å²) in [5, 5.41) is 0. The summed E-state index contributed by atoms with van der Waals surface area (Å²) in [6, 6.07) is 0. The summed E-state index contributed by atoms with van der Waals surface area (Å²) < 4.78 is 0. The molecule has 0 unspecified atom stereocenters. The van der Waals surface area contributed by atoms with Gasteiger partial charge in [-0.15, -0.1) is 0 Å². The average Bonchev–Trinajstić information content (AvgIpc) is 3.10. The van der Waals surface area contributed by atoms with Crippen molar-refractivity contribution >= 4 is 12.6 Å². The lowest BCUT2D eigenvalue weighted by molar-refractivity contribution is 0.111. The van der Waals surface area contributed by atoms with Gasteiger partial charge >= 0.3 is 0 Å². The standard InChI is InChI=1S/C19H26N2O2/c1-5-12-14(7-3)18(10-22)20-16(12)9-17-13(6-2)15(8-4)19(11-23)21-17/h10-11,20-21H,5-9H2,1-4H3. The van der Waals surface area contributed by atoms with Crippen LogP contribution in [0.4, 0.5) is 0 Å². The van der Waals surface area contributed by atoms with Crippen LogP contribution in [0.1, 0.15) is 82.3 Å². The smallest absolute Gasteiger partial charge is 0.166 e. The molecule has 2 rings (SSSR count). The Bertz CT molecular complexity index is 647. The molecule has 0 aliphatic carbocycles. The summed E-state index contributed by atoms with van der Waals surface area (Å²) in [6.07, 6.45) is 6.00. The van der Waals surface area contributed by atoms with Crippen molar-refractivity contribution in [1.82, 2.24) is 9.97 Å². The van der Waals surface area contributed by atoms with Crippen molar-refractivity contribution in [3.8, 4) is 0 Å². The second-order valence-corrected chi connectivity index (χ2v) is 5.78. The van der Waals surface area contributed by atoms with Gasteiger partial charge in [0.25, 0.3) is 0 Å². The average molecular weight is 314 g/mol. The van der Waals surface area contributed by atoms with Gasteiger partial charge in [0, 0.05) is 17.8 Å². The molecule has 4 heteroatoms. The molecule has 0 spiro atoms. The molecule has 0 amide bonds. The van der Waals surface area contributed by atoms with Crippen molar-refractivity contribution in [1.29, 1.82) is 0 Å². The fourth-order valence-corrected chi connectivity index (χ4v) is 3.66. The van der Waals surface area contributed by atoms with Gasteiger partial charge in [-0.05, 0) is 47.9 Å². The second-order valence-electron chi connectivity index (χ2n) is 5.78. The fourth-order valence-electron chi connectivity index (χ4n) is 3.66. The fraction of sp³-hybridized carbons (Fsp3) is 0.474. The SMILES string of the molecule is CCc1c(C=O)[nH]c(Cc2[nH]c(C=O)c(CC)c2CC)c1CC. The van der Waals surface area contributed by atoms with Gasteiger partial charge in [-0.1, -0.05) is 27.7 Å². The molecular formula is C19H26N2O2. The summed E-state index contributed by atoms with van der Waals surface area (Å²) in [4.78, 5) is 29.2. The van der Waals surface area contributed by atoms with Crippen LogP contribution in [0.15, 0.2) is 0 Å². The zero-order valence-electron chi connectivity index (χ0n) is 14.5. The van der Waals surface area contributed by atoms with E-state index in [0.29, 0.717) is 17.8 Å². The van der Waals surface area contributed by atoms with Crippen molar-refractivity contribution in [3.63, 3.8) is 0 Å². The number of aromatic nitrogens is 2. The minimum Gasteiger partial charge on any atom is -0.355 e. The number of nitrogens with one attached hydrogen (secondary N) is 2. The van der Waals surface area contributed by atoms with Crippen LogP contribution in [0.25, 0.3) is 0 Å². The lowest BCUT2D eigenvalue weighted by Crippen LogP contribution is -1.98. The predicted octanol–water partition coefficient (Wildman–Crippen LogP) is 3.81. The Balaban J connectivity index is 2.51. The first-order valence-corrected chi connectivity index (χ1v) is 8.50. The van der Waals surface area contributed by atoms with Gasteiger partial charge in [-0.2, -0.15) is 0 Å². The molecule has 0 saturated heterocycles. The lowest BCUT2D eigenvalue weighted by Gasteiger charge is -2.06. The van der Waals surface area contributed by atoms with E-state index in [-0.39, 0.29) is 0 Å². The van der Waals surface area contributed by atoms with Crippen molar-refractivity contribution in [2.75, 3.05) is 0 Å². The van der Waals surface area contributed by atoms with E-state index in [9.17, 15) is 9.59 Å². The zero-order valence-corrected chi connectivity index (χ0v) is 14.5. The predicted molar refractivity (Wildman–Crippen MR) is 92.7 cm³/mol. The van der Waals surface area contributed by atoms with Gasteiger partial charge in [0.2, 0.25) is 0 Å². The maximum atomic E-state index is 11.3. The molecule has 0 aliphatic heterocycles. The van der Waals surface area contributed by atoms with E-state index in [1.54, 1.807) is 0 Å². The van der Waals surface area contributed by atoms with Crippen LogP contribution < -0.4 is 0 Å². The summed E-state index contributed by atoms with van der Waals surface area (Å²) in [5.74, 6) is 0. The molecule has 0 aliphatic rings. The Kier molecular flexibility index (Phi) is 5.59. The topological polar surface area (TPSA) is 65.7 Å². The van der Waals surface area contributed by atoms with Crippen LogP contribution in [0.2, 0.25) is 0 Å². The third-order valence-electron chi connectivity index (χ3n) is 4.68. The monoisotopic (exact) mass is 314 g/mol. The highest BCUT2D eigenvalue weighted by Gasteiger charge is 2.19. The molecule has 2 heterocycles. The summed E-state index contributed by atoms with van der Waals surface area (Å²) >= 11 is 0. The van der Waals surface area contributed by atoms with E-state index in [4.69, 9.17) is 0 Å². The van der Waals surface area contributed by atoms with Crippen LogP contribution in [0, 0.1) is 0 Å². The van der Waals surface area contributed by atoms with E-state index in [1.807, 2.05) is 0 Å². The van der Waals surface area contributed by atoms with Crippen LogP contribution in [-0.2, 0) is 32.1 Å². The van der Waals surface area contributed by atoms with Crippen molar-refractivity contribution in [2.45, 2.75) is 59.8 Å². The molecule has 0 fully saturated rings. The highest BCUT2D eigenvalue weighted by molar-refractivity contribution is 5.77. The molecule has 2 aromatic heterocycles. The minimum atomic E-state index is 0.690. The maximum Gasteiger partial charge on any atom is 0.166 e. The second kappa shape index (κ2) is 7.44. The molecule has 0 saturated carbocycles. The minimum absolute atomic E-state index is 0.690. The lowest BCUT2D eigenvalue weighted by atomic mass is 9.98. The van der Waals surface area contributed by atoms with E-state index >= 15 is 0 Å². The van der Waals surface area contributed by atoms with E-state index in [0.717, 1.165) is 60.8 Å². The molecule has 2 aromatic rings. The van der Waals surface area contributed by atoms with Gasteiger partial charge in [0.1, 0.15) is 0 Å². The molecule has 0 radical (unpaired) electrons.